The van der Waals surface area contributed by atoms with E-state index in [1.54, 1.807) is 0 Å². The van der Waals surface area contributed by atoms with Crippen molar-refractivity contribution in [1.29, 1.82) is 0 Å². The highest BCUT2D eigenvalue weighted by Gasteiger charge is 2.23. The van der Waals surface area contributed by atoms with Gasteiger partial charge >= 0.3 is 0 Å². The fourth-order valence-electron chi connectivity index (χ4n) is 7.75. The highest BCUT2D eigenvalue weighted by Crippen LogP contribution is 2.47. The van der Waals surface area contributed by atoms with Gasteiger partial charge in [0.2, 0.25) is 0 Å². The Balaban J connectivity index is 1.21. The average molecular weight is 664 g/mol. The molecule has 0 aliphatic rings. The quantitative estimate of drug-likeness (QED) is 0.176. The normalized spacial score (nSPS) is 11.5. The van der Waals surface area contributed by atoms with Crippen molar-refractivity contribution in [2.75, 3.05) is 4.90 Å². The van der Waals surface area contributed by atoms with Crippen molar-refractivity contribution >= 4 is 60.5 Å². The van der Waals surface area contributed by atoms with Gasteiger partial charge in [-0.05, 0) is 86.4 Å². The summed E-state index contributed by atoms with van der Waals surface area (Å²) in [6.45, 7) is 0. The third kappa shape index (κ3) is 5.04. The highest BCUT2D eigenvalue weighted by atomic mass is 16.3. The zero-order valence-corrected chi connectivity index (χ0v) is 28.4. The van der Waals surface area contributed by atoms with Gasteiger partial charge in [-0.3, -0.25) is 0 Å². The summed E-state index contributed by atoms with van der Waals surface area (Å²) < 4.78 is 6.98. The summed E-state index contributed by atoms with van der Waals surface area (Å²) in [6, 6.07) is 71.5. The minimum atomic E-state index is 0.883. The maximum absolute atomic E-state index is 6.98. The first kappa shape index (κ1) is 30.0. The minimum absolute atomic E-state index is 0.883. The topological polar surface area (TPSA) is 16.4 Å². The standard InChI is InChI=1S/C50H33NO/c1-3-12-34(13-4-1)35-22-27-40(28-23-35)51(41-29-24-39(25-30-41)43-21-11-18-36-16-7-9-19-42(36)43)47-33-32-45(37-14-5-2-6-15-37)50-48(47)46-31-26-38-17-8-10-20-44(38)49(46)52-50/h1-33H. The molecule has 9 aromatic carbocycles. The summed E-state index contributed by atoms with van der Waals surface area (Å²) >= 11 is 0. The molecule has 0 amide bonds. The molecule has 2 heteroatoms. The van der Waals surface area contributed by atoms with Crippen LogP contribution in [0.3, 0.4) is 0 Å². The second kappa shape index (κ2) is 12.5. The van der Waals surface area contributed by atoms with E-state index in [4.69, 9.17) is 4.42 Å². The SMILES string of the molecule is c1ccc(-c2ccc(N(c3ccc(-c4cccc5ccccc45)cc3)c3ccc(-c4ccccc4)c4oc5c6ccccc6ccc5c34)cc2)cc1. The molecule has 0 unspecified atom stereocenters. The Bertz CT molecular complexity index is 2870. The number of rotatable bonds is 6. The first-order valence-corrected chi connectivity index (χ1v) is 17.8. The molecule has 0 aliphatic carbocycles. The molecule has 0 N–H and O–H groups in total. The Morgan fingerprint density at radius 2 is 0.846 bits per heavy atom. The van der Waals surface area contributed by atoms with E-state index in [2.05, 4.69) is 205 Å². The number of anilines is 3. The van der Waals surface area contributed by atoms with Crippen LogP contribution in [0.15, 0.2) is 205 Å². The molecule has 10 aromatic rings. The van der Waals surface area contributed by atoms with Crippen LogP contribution >= 0.6 is 0 Å². The van der Waals surface area contributed by atoms with Crippen molar-refractivity contribution in [3.63, 3.8) is 0 Å². The molecule has 0 saturated carbocycles. The summed E-state index contributed by atoms with van der Waals surface area (Å²) in [6.07, 6.45) is 0. The molecule has 1 heterocycles. The second-order valence-electron chi connectivity index (χ2n) is 13.3. The zero-order chi connectivity index (χ0) is 34.4. The molecular formula is C50H33NO. The predicted molar refractivity (Wildman–Crippen MR) is 220 cm³/mol. The van der Waals surface area contributed by atoms with Gasteiger partial charge in [0.05, 0.1) is 11.1 Å². The Hall–Kier alpha value is -6.90. The van der Waals surface area contributed by atoms with Gasteiger partial charge in [-0.15, -0.1) is 0 Å². The van der Waals surface area contributed by atoms with Gasteiger partial charge in [-0.25, -0.2) is 0 Å². The van der Waals surface area contributed by atoms with Gasteiger partial charge in [0.15, 0.2) is 0 Å². The fraction of sp³-hybridized carbons (Fsp3) is 0. The van der Waals surface area contributed by atoms with Crippen molar-refractivity contribution in [2.24, 2.45) is 0 Å². The molecule has 10 rings (SSSR count). The molecule has 0 bridgehead atoms. The minimum Gasteiger partial charge on any atom is -0.455 e. The fourth-order valence-corrected chi connectivity index (χ4v) is 7.75. The summed E-state index contributed by atoms with van der Waals surface area (Å²) in [4.78, 5) is 2.38. The number of hydrogen-bond acceptors (Lipinski definition) is 2. The largest absolute Gasteiger partial charge is 0.455 e. The molecule has 0 saturated heterocycles. The lowest BCUT2D eigenvalue weighted by molar-refractivity contribution is 0.674. The van der Waals surface area contributed by atoms with Gasteiger partial charge in [0.25, 0.3) is 0 Å². The summed E-state index contributed by atoms with van der Waals surface area (Å²) in [5.41, 5.74) is 12.0. The average Bonchev–Trinajstić information content (AvgIpc) is 3.63. The lowest BCUT2D eigenvalue weighted by Crippen LogP contribution is -2.10. The highest BCUT2D eigenvalue weighted by molar-refractivity contribution is 6.22. The lowest BCUT2D eigenvalue weighted by Gasteiger charge is -2.27. The molecule has 0 spiro atoms. The molecular weight excluding hydrogens is 631 g/mol. The van der Waals surface area contributed by atoms with E-state index in [0.29, 0.717) is 0 Å². The van der Waals surface area contributed by atoms with Gasteiger partial charge in [0.1, 0.15) is 11.2 Å². The van der Waals surface area contributed by atoms with E-state index in [1.807, 2.05) is 0 Å². The van der Waals surface area contributed by atoms with Crippen LogP contribution in [0.1, 0.15) is 0 Å². The molecule has 2 nitrogen and oxygen atoms in total. The van der Waals surface area contributed by atoms with Crippen LogP contribution in [0.5, 0.6) is 0 Å². The van der Waals surface area contributed by atoms with Gasteiger partial charge in [-0.2, -0.15) is 0 Å². The molecule has 1 aromatic heterocycles. The van der Waals surface area contributed by atoms with Gasteiger partial charge in [-0.1, -0.05) is 158 Å². The van der Waals surface area contributed by atoms with Crippen molar-refractivity contribution < 1.29 is 4.42 Å². The van der Waals surface area contributed by atoms with Crippen LogP contribution in [0, 0.1) is 0 Å². The van der Waals surface area contributed by atoms with Crippen molar-refractivity contribution in [1.82, 2.24) is 0 Å². The van der Waals surface area contributed by atoms with Crippen molar-refractivity contribution in [3.8, 4) is 33.4 Å². The van der Waals surface area contributed by atoms with E-state index in [0.717, 1.165) is 60.9 Å². The Kier molecular flexibility index (Phi) is 7.18. The first-order valence-electron chi connectivity index (χ1n) is 17.8. The third-order valence-electron chi connectivity index (χ3n) is 10.3. The summed E-state index contributed by atoms with van der Waals surface area (Å²) in [5.74, 6) is 0. The van der Waals surface area contributed by atoms with Crippen LogP contribution in [-0.2, 0) is 0 Å². The van der Waals surface area contributed by atoms with Crippen molar-refractivity contribution in [2.45, 2.75) is 0 Å². The Labute approximate surface area is 302 Å². The number of fused-ring (bicyclic) bond motifs is 6. The van der Waals surface area contributed by atoms with E-state index in [-0.39, 0.29) is 0 Å². The number of nitrogens with zero attached hydrogens (tertiary/aromatic N) is 1. The lowest BCUT2D eigenvalue weighted by atomic mass is 9.97. The molecule has 0 fully saturated rings. The predicted octanol–water partition coefficient (Wildman–Crippen LogP) is 14.4. The van der Waals surface area contributed by atoms with Crippen LogP contribution in [0.2, 0.25) is 0 Å². The molecule has 52 heavy (non-hydrogen) atoms. The maximum atomic E-state index is 6.98. The van der Waals surface area contributed by atoms with E-state index >= 15 is 0 Å². The van der Waals surface area contributed by atoms with Gasteiger partial charge < -0.3 is 9.32 Å². The van der Waals surface area contributed by atoms with Crippen LogP contribution in [0.25, 0.3) is 76.9 Å². The smallest absolute Gasteiger partial charge is 0.145 e. The Morgan fingerprint density at radius 1 is 0.308 bits per heavy atom. The monoisotopic (exact) mass is 663 g/mol. The molecule has 244 valence electrons. The van der Waals surface area contributed by atoms with Crippen LogP contribution in [-0.4, -0.2) is 0 Å². The van der Waals surface area contributed by atoms with E-state index in [9.17, 15) is 0 Å². The number of furan rings is 1. The molecule has 0 atom stereocenters. The first-order chi connectivity index (χ1) is 25.8. The zero-order valence-electron chi connectivity index (χ0n) is 28.4. The Morgan fingerprint density at radius 3 is 1.56 bits per heavy atom. The summed E-state index contributed by atoms with van der Waals surface area (Å²) in [7, 11) is 0. The van der Waals surface area contributed by atoms with Crippen molar-refractivity contribution in [3.05, 3.63) is 200 Å². The molecule has 0 aliphatic heterocycles. The number of hydrogen-bond donors (Lipinski definition) is 0. The second-order valence-corrected chi connectivity index (χ2v) is 13.3. The van der Waals surface area contributed by atoms with E-state index < -0.39 is 0 Å². The summed E-state index contributed by atoms with van der Waals surface area (Å²) in [5, 5.41) is 6.95. The van der Waals surface area contributed by atoms with Crippen LogP contribution in [0.4, 0.5) is 17.1 Å². The third-order valence-corrected chi connectivity index (χ3v) is 10.3. The maximum Gasteiger partial charge on any atom is 0.145 e. The number of benzene rings is 9. The van der Waals surface area contributed by atoms with E-state index in [1.165, 1.54) is 33.0 Å². The molecule has 0 radical (unpaired) electrons. The van der Waals surface area contributed by atoms with Gasteiger partial charge in [0, 0.05) is 27.7 Å². The van der Waals surface area contributed by atoms with Crippen LogP contribution < -0.4 is 4.90 Å².